The number of benzene rings is 3. The van der Waals surface area contributed by atoms with Crippen molar-refractivity contribution in [3.8, 4) is 17.0 Å². The summed E-state index contributed by atoms with van der Waals surface area (Å²) in [5.74, 6) is 0.380. The van der Waals surface area contributed by atoms with Crippen LogP contribution >= 0.6 is 23.1 Å². The zero-order chi connectivity index (χ0) is 25.5. The minimum absolute atomic E-state index is 0.0795. The number of thioether (sulfide) groups is 1. The van der Waals surface area contributed by atoms with Crippen LogP contribution in [0.2, 0.25) is 0 Å². The Bertz CT molecular complexity index is 1390. The van der Waals surface area contributed by atoms with Gasteiger partial charge in [0.1, 0.15) is 5.75 Å². The molecule has 9 nitrogen and oxygen atoms in total. The first-order valence-electron chi connectivity index (χ1n) is 10.6. The molecule has 0 radical (unpaired) electrons. The van der Waals surface area contributed by atoms with Gasteiger partial charge < -0.3 is 15.4 Å². The van der Waals surface area contributed by atoms with Gasteiger partial charge in [0, 0.05) is 39.2 Å². The summed E-state index contributed by atoms with van der Waals surface area (Å²) in [6.07, 6.45) is 0. The minimum Gasteiger partial charge on any atom is -0.497 e. The standard InChI is InChI=1S/C25H20N4O5S2/c1-34-20-4-2-3-17(13-20)22-14-36-25(27-22)28-23(30)15-35-21-11-7-18(8-12-21)26-24(31)16-5-9-19(10-6-16)29(32)33/h2-14H,15H2,1H3,(H,26,31)(H,27,28,30). The molecular formula is C25H20N4O5S2. The Labute approximate surface area is 214 Å². The second-order valence-corrected chi connectivity index (χ2v) is 9.30. The fourth-order valence-corrected chi connectivity index (χ4v) is 4.56. The van der Waals surface area contributed by atoms with Crippen LogP contribution in [0.15, 0.2) is 83.1 Å². The predicted octanol–water partition coefficient (Wildman–Crippen LogP) is 5.71. The molecule has 0 aliphatic heterocycles. The third kappa shape index (κ3) is 6.46. The number of anilines is 2. The number of nitrogens with zero attached hydrogens (tertiary/aromatic N) is 2. The van der Waals surface area contributed by atoms with E-state index in [1.807, 2.05) is 29.6 Å². The summed E-state index contributed by atoms with van der Waals surface area (Å²) < 4.78 is 5.24. The quantitative estimate of drug-likeness (QED) is 0.165. The molecule has 4 rings (SSSR count). The highest BCUT2D eigenvalue weighted by Crippen LogP contribution is 2.28. The van der Waals surface area contributed by atoms with Gasteiger partial charge in [-0.25, -0.2) is 4.98 Å². The molecule has 2 N–H and O–H groups in total. The van der Waals surface area contributed by atoms with E-state index < -0.39 is 4.92 Å². The lowest BCUT2D eigenvalue weighted by Gasteiger charge is -2.07. The Balaban J connectivity index is 1.27. The fraction of sp³-hybridized carbons (Fsp3) is 0.0800. The van der Waals surface area contributed by atoms with Gasteiger partial charge in [0.25, 0.3) is 11.6 Å². The average molecular weight is 521 g/mol. The second-order valence-electron chi connectivity index (χ2n) is 7.39. The number of rotatable bonds is 9. The summed E-state index contributed by atoms with van der Waals surface area (Å²) >= 11 is 2.70. The molecule has 0 atom stereocenters. The van der Waals surface area contributed by atoms with E-state index >= 15 is 0 Å². The van der Waals surface area contributed by atoms with Crippen LogP contribution < -0.4 is 15.4 Å². The number of thiazole rings is 1. The highest BCUT2D eigenvalue weighted by atomic mass is 32.2. The van der Waals surface area contributed by atoms with Gasteiger partial charge in [0.05, 0.1) is 23.5 Å². The van der Waals surface area contributed by atoms with Crippen molar-refractivity contribution in [2.75, 3.05) is 23.5 Å². The Morgan fingerprint density at radius 2 is 1.81 bits per heavy atom. The van der Waals surface area contributed by atoms with Crippen LogP contribution in [-0.2, 0) is 4.79 Å². The molecule has 0 aliphatic rings. The summed E-state index contributed by atoms with van der Waals surface area (Å²) in [4.78, 5) is 40.3. The lowest BCUT2D eigenvalue weighted by Crippen LogP contribution is -2.13. The third-order valence-electron chi connectivity index (χ3n) is 4.94. The molecule has 0 fully saturated rings. The number of non-ortho nitro benzene ring substituents is 1. The number of hydrogen-bond donors (Lipinski definition) is 2. The molecule has 11 heteroatoms. The Hall–Kier alpha value is -4.22. The van der Waals surface area contributed by atoms with Crippen LogP contribution in [0.25, 0.3) is 11.3 Å². The van der Waals surface area contributed by atoms with E-state index in [9.17, 15) is 19.7 Å². The van der Waals surface area contributed by atoms with E-state index in [1.54, 1.807) is 31.4 Å². The van der Waals surface area contributed by atoms with Crippen molar-refractivity contribution in [1.82, 2.24) is 4.98 Å². The van der Waals surface area contributed by atoms with E-state index in [2.05, 4.69) is 15.6 Å². The van der Waals surface area contributed by atoms with E-state index in [0.717, 1.165) is 21.9 Å². The first-order chi connectivity index (χ1) is 17.4. The summed E-state index contributed by atoms with van der Waals surface area (Å²) in [7, 11) is 1.61. The lowest BCUT2D eigenvalue weighted by atomic mass is 10.2. The van der Waals surface area contributed by atoms with Crippen molar-refractivity contribution in [3.63, 3.8) is 0 Å². The van der Waals surface area contributed by atoms with Crippen molar-refractivity contribution in [1.29, 1.82) is 0 Å². The van der Waals surface area contributed by atoms with Gasteiger partial charge in [-0.15, -0.1) is 23.1 Å². The molecule has 1 aromatic heterocycles. The first kappa shape index (κ1) is 24.9. The second kappa shape index (κ2) is 11.5. The van der Waals surface area contributed by atoms with Crippen LogP contribution in [-0.4, -0.2) is 34.6 Å². The van der Waals surface area contributed by atoms with Crippen LogP contribution in [0.5, 0.6) is 5.75 Å². The maximum atomic E-state index is 12.4. The summed E-state index contributed by atoms with van der Waals surface area (Å²) in [5, 5.41) is 18.7. The zero-order valence-corrected chi connectivity index (χ0v) is 20.6. The number of amides is 2. The molecule has 0 aliphatic carbocycles. The molecular weight excluding hydrogens is 500 g/mol. The van der Waals surface area contributed by atoms with Crippen LogP contribution in [0.3, 0.4) is 0 Å². The Kier molecular flexibility index (Phi) is 7.93. The van der Waals surface area contributed by atoms with Gasteiger partial charge in [-0.2, -0.15) is 0 Å². The molecule has 0 bridgehead atoms. The summed E-state index contributed by atoms with van der Waals surface area (Å²) in [5.41, 5.74) is 2.46. The molecule has 4 aromatic rings. The van der Waals surface area contributed by atoms with Crippen molar-refractivity contribution in [2.24, 2.45) is 0 Å². The monoisotopic (exact) mass is 520 g/mol. The number of aromatic nitrogens is 1. The molecule has 0 saturated carbocycles. The van der Waals surface area contributed by atoms with Crippen molar-refractivity contribution >= 4 is 51.4 Å². The van der Waals surface area contributed by atoms with Gasteiger partial charge >= 0.3 is 0 Å². The van der Waals surface area contributed by atoms with E-state index in [-0.39, 0.29) is 23.3 Å². The molecule has 3 aromatic carbocycles. The molecule has 2 amide bonds. The van der Waals surface area contributed by atoms with E-state index in [4.69, 9.17) is 4.74 Å². The molecule has 1 heterocycles. The van der Waals surface area contributed by atoms with Gasteiger partial charge in [-0.05, 0) is 48.5 Å². The van der Waals surface area contributed by atoms with Gasteiger partial charge in [0.2, 0.25) is 5.91 Å². The number of methoxy groups -OCH3 is 1. The van der Waals surface area contributed by atoms with Crippen LogP contribution in [0.1, 0.15) is 10.4 Å². The van der Waals surface area contributed by atoms with E-state index in [0.29, 0.717) is 16.4 Å². The Morgan fingerprint density at radius 1 is 1.06 bits per heavy atom. The van der Waals surface area contributed by atoms with Crippen molar-refractivity contribution in [2.45, 2.75) is 4.90 Å². The maximum Gasteiger partial charge on any atom is 0.269 e. The topological polar surface area (TPSA) is 123 Å². The van der Waals surface area contributed by atoms with Crippen molar-refractivity contribution in [3.05, 3.63) is 93.9 Å². The average Bonchev–Trinajstić information content (AvgIpc) is 3.36. The number of carbonyl (C=O) groups excluding carboxylic acids is 2. The molecule has 0 spiro atoms. The SMILES string of the molecule is COc1cccc(-c2csc(NC(=O)CSc3ccc(NC(=O)c4ccc([N+](=O)[O-])cc4)cc3)n2)c1. The molecule has 0 saturated heterocycles. The number of nitrogens with one attached hydrogen (secondary N) is 2. The molecule has 36 heavy (non-hydrogen) atoms. The Morgan fingerprint density at radius 3 is 2.50 bits per heavy atom. The number of hydrogen-bond acceptors (Lipinski definition) is 8. The largest absolute Gasteiger partial charge is 0.497 e. The molecule has 182 valence electrons. The van der Waals surface area contributed by atoms with Gasteiger partial charge in [0.15, 0.2) is 5.13 Å². The van der Waals surface area contributed by atoms with Gasteiger partial charge in [-0.1, -0.05) is 12.1 Å². The molecule has 0 unspecified atom stereocenters. The summed E-state index contributed by atoms with van der Waals surface area (Å²) in [6.45, 7) is 0. The predicted molar refractivity (Wildman–Crippen MR) is 141 cm³/mol. The number of nitro benzene ring substituents is 1. The van der Waals surface area contributed by atoms with Crippen molar-refractivity contribution < 1.29 is 19.2 Å². The normalized spacial score (nSPS) is 10.5. The number of ether oxygens (including phenoxy) is 1. The maximum absolute atomic E-state index is 12.4. The van der Waals surface area contributed by atoms with Crippen LogP contribution in [0, 0.1) is 10.1 Å². The lowest BCUT2D eigenvalue weighted by molar-refractivity contribution is -0.384. The van der Waals surface area contributed by atoms with E-state index in [1.165, 1.54) is 47.4 Å². The zero-order valence-electron chi connectivity index (χ0n) is 19.0. The van der Waals surface area contributed by atoms with Crippen LogP contribution in [0.4, 0.5) is 16.5 Å². The summed E-state index contributed by atoms with van der Waals surface area (Å²) in [6, 6.07) is 20.0. The smallest absolute Gasteiger partial charge is 0.269 e. The van der Waals surface area contributed by atoms with Gasteiger partial charge in [-0.3, -0.25) is 19.7 Å². The highest BCUT2D eigenvalue weighted by Gasteiger charge is 2.11. The first-order valence-corrected chi connectivity index (χ1v) is 12.5. The fourth-order valence-electron chi connectivity index (χ4n) is 3.12. The number of carbonyl (C=O) groups is 2. The third-order valence-corrected chi connectivity index (χ3v) is 6.71. The number of nitro groups is 1. The minimum atomic E-state index is -0.519. The highest BCUT2D eigenvalue weighted by molar-refractivity contribution is 8.00.